The number of aryl methyl sites for hydroxylation is 3. The second-order valence-corrected chi connectivity index (χ2v) is 8.46. The average molecular weight is 413 g/mol. The first-order chi connectivity index (χ1) is 14.4. The largest absolute Gasteiger partial charge is 0.490 e. The first-order valence-corrected chi connectivity index (χ1v) is 10.7. The van der Waals surface area contributed by atoms with E-state index in [1.807, 2.05) is 55.7 Å². The van der Waals surface area contributed by atoms with Crippen LogP contribution < -0.4 is 15.4 Å². The Kier molecular flexibility index (Phi) is 5.97. The third-order valence-corrected chi connectivity index (χ3v) is 5.86. The van der Waals surface area contributed by atoms with E-state index in [0.717, 1.165) is 59.7 Å². The minimum absolute atomic E-state index is 0.199. The molecule has 1 saturated carbocycles. The second kappa shape index (κ2) is 8.65. The van der Waals surface area contributed by atoms with E-state index in [2.05, 4.69) is 26.8 Å². The van der Waals surface area contributed by atoms with Crippen molar-refractivity contribution in [2.75, 3.05) is 11.9 Å². The molecule has 2 aromatic heterocycles. The highest BCUT2D eigenvalue weighted by Gasteiger charge is 2.23. The molecule has 8 heteroatoms. The van der Waals surface area contributed by atoms with Gasteiger partial charge in [0.05, 0.1) is 29.7 Å². The molecule has 4 rings (SSSR count). The number of fused-ring (bicyclic) bond motifs is 1. The van der Waals surface area contributed by atoms with Crippen molar-refractivity contribution in [1.82, 2.24) is 24.6 Å². The van der Waals surface area contributed by atoms with E-state index in [9.17, 15) is 5.11 Å². The van der Waals surface area contributed by atoms with Crippen LogP contribution in [0.15, 0.2) is 24.5 Å². The highest BCUT2D eigenvalue weighted by Crippen LogP contribution is 2.32. The number of benzene rings is 1. The molecule has 3 N–H and O–H groups in total. The standard InChI is InChI=1S/C22H32N6O2/c1-14-9-21(26-28(14)4)25-19-10-18(11-20-22(19)24-13-27(20)3)30-17-7-5-16(6-8-17)23-12-15(2)29/h9-11,13,15-17,23,29H,5-8,12H2,1-4H3,(H,25,26)/t15-,16?,17?/m1/s1. The summed E-state index contributed by atoms with van der Waals surface area (Å²) in [6, 6.07) is 6.57. The van der Waals surface area contributed by atoms with Crippen molar-refractivity contribution in [1.29, 1.82) is 0 Å². The lowest BCUT2D eigenvalue weighted by molar-refractivity contribution is 0.131. The number of hydrogen-bond donors (Lipinski definition) is 3. The SMILES string of the molecule is Cc1cc(Nc2cc(OC3CCC(NC[C@@H](C)O)CC3)cc3c2ncn3C)nn1C. The number of ether oxygens (including phenoxy) is 1. The van der Waals surface area contributed by atoms with Gasteiger partial charge in [-0.2, -0.15) is 5.10 Å². The first-order valence-electron chi connectivity index (χ1n) is 10.7. The van der Waals surface area contributed by atoms with Gasteiger partial charge in [0.25, 0.3) is 0 Å². The fraction of sp³-hybridized carbons (Fsp3) is 0.545. The predicted octanol–water partition coefficient (Wildman–Crippen LogP) is 3.02. The number of aromatic nitrogens is 4. The van der Waals surface area contributed by atoms with Gasteiger partial charge in [-0.15, -0.1) is 0 Å². The van der Waals surface area contributed by atoms with E-state index in [1.54, 1.807) is 0 Å². The van der Waals surface area contributed by atoms with Gasteiger partial charge >= 0.3 is 0 Å². The van der Waals surface area contributed by atoms with Crippen molar-refractivity contribution >= 4 is 22.5 Å². The summed E-state index contributed by atoms with van der Waals surface area (Å²) in [6.07, 6.45) is 5.84. The molecule has 0 amide bonds. The van der Waals surface area contributed by atoms with Crippen LogP contribution in [-0.4, -0.2) is 49.2 Å². The van der Waals surface area contributed by atoms with Crippen LogP contribution in [0.5, 0.6) is 5.75 Å². The molecule has 0 unspecified atom stereocenters. The molecule has 30 heavy (non-hydrogen) atoms. The Labute approximate surface area is 177 Å². The zero-order valence-corrected chi connectivity index (χ0v) is 18.2. The van der Waals surface area contributed by atoms with Gasteiger partial charge in [0.1, 0.15) is 11.3 Å². The number of nitrogens with one attached hydrogen (secondary N) is 2. The van der Waals surface area contributed by atoms with Crippen LogP contribution in [0.2, 0.25) is 0 Å². The molecule has 1 atom stereocenters. The van der Waals surface area contributed by atoms with Crippen LogP contribution in [0.25, 0.3) is 11.0 Å². The Balaban J connectivity index is 1.48. The molecule has 0 bridgehead atoms. The van der Waals surface area contributed by atoms with Crippen molar-refractivity contribution in [2.24, 2.45) is 14.1 Å². The molecule has 1 aromatic carbocycles. The lowest BCUT2D eigenvalue weighted by Crippen LogP contribution is -2.39. The summed E-state index contributed by atoms with van der Waals surface area (Å²) in [5, 5.41) is 20.8. The van der Waals surface area contributed by atoms with Gasteiger partial charge in [0.15, 0.2) is 5.82 Å². The highest BCUT2D eigenvalue weighted by molar-refractivity contribution is 5.91. The van der Waals surface area contributed by atoms with Gasteiger partial charge in [-0.1, -0.05) is 0 Å². The van der Waals surface area contributed by atoms with Crippen LogP contribution in [0.4, 0.5) is 11.5 Å². The van der Waals surface area contributed by atoms with Gasteiger partial charge in [-0.25, -0.2) is 4.98 Å². The smallest absolute Gasteiger partial charge is 0.152 e. The summed E-state index contributed by atoms with van der Waals surface area (Å²) in [5.41, 5.74) is 3.91. The Hall–Kier alpha value is -2.58. The Morgan fingerprint density at radius 3 is 2.63 bits per heavy atom. The second-order valence-electron chi connectivity index (χ2n) is 8.46. The molecule has 8 nitrogen and oxygen atoms in total. The van der Waals surface area contributed by atoms with Gasteiger partial charge < -0.3 is 25.0 Å². The fourth-order valence-corrected chi connectivity index (χ4v) is 4.04. The van der Waals surface area contributed by atoms with Crippen LogP contribution in [-0.2, 0) is 14.1 Å². The van der Waals surface area contributed by atoms with Crippen molar-refractivity contribution < 1.29 is 9.84 Å². The van der Waals surface area contributed by atoms with Crippen LogP contribution in [0.3, 0.4) is 0 Å². The quantitative estimate of drug-likeness (QED) is 0.553. The maximum absolute atomic E-state index is 9.46. The van der Waals surface area contributed by atoms with Crippen LogP contribution in [0, 0.1) is 6.92 Å². The van der Waals surface area contributed by atoms with Crippen molar-refractivity contribution in [3.8, 4) is 5.75 Å². The Bertz CT molecular complexity index is 981. The molecular weight excluding hydrogens is 380 g/mol. The molecule has 1 aliphatic rings. The molecule has 2 heterocycles. The van der Waals surface area contributed by atoms with Gasteiger partial charge in [0.2, 0.25) is 0 Å². The Morgan fingerprint density at radius 2 is 1.97 bits per heavy atom. The van der Waals surface area contributed by atoms with E-state index in [-0.39, 0.29) is 12.2 Å². The lowest BCUT2D eigenvalue weighted by atomic mass is 9.93. The Morgan fingerprint density at radius 1 is 1.20 bits per heavy atom. The fourth-order valence-electron chi connectivity index (χ4n) is 4.04. The van der Waals surface area contributed by atoms with E-state index >= 15 is 0 Å². The predicted molar refractivity (Wildman–Crippen MR) is 118 cm³/mol. The molecule has 0 spiro atoms. The maximum atomic E-state index is 9.46. The number of imidazole rings is 1. The normalized spacial score (nSPS) is 20.4. The summed E-state index contributed by atoms with van der Waals surface area (Å²) in [5.74, 6) is 1.64. The monoisotopic (exact) mass is 412 g/mol. The highest BCUT2D eigenvalue weighted by atomic mass is 16.5. The van der Waals surface area contributed by atoms with E-state index < -0.39 is 0 Å². The van der Waals surface area contributed by atoms with Crippen molar-refractivity contribution in [2.45, 2.75) is 57.8 Å². The van der Waals surface area contributed by atoms with Crippen molar-refractivity contribution in [3.63, 3.8) is 0 Å². The summed E-state index contributed by atoms with van der Waals surface area (Å²) in [4.78, 5) is 4.56. The number of aliphatic hydroxyl groups is 1. The molecule has 1 aliphatic carbocycles. The topological polar surface area (TPSA) is 89.2 Å². The molecule has 3 aromatic rings. The molecule has 0 radical (unpaired) electrons. The summed E-state index contributed by atoms with van der Waals surface area (Å²) >= 11 is 0. The number of rotatable bonds is 7. The summed E-state index contributed by atoms with van der Waals surface area (Å²) < 4.78 is 10.2. The minimum Gasteiger partial charge on any atom is -0.490 e. The van der Waals surface area contributed by atoms with Gasteiger partial charge in [-0.3, -0.25) is 4.68 Å². The first kappa shape index (κ1) is 20.7. The van der Waals surface area contributed by atoms with E-state index in [0.29, 0.717) is 12.6 Å². The minimum atomic E-state index is -0.307. The van der Waals surface area contributed by atoms with Gasteiger partial charge in [-0.05, 0) is 39.5 Å². The number of aliphatic hydroxyl groups excluding tert-OH is 1. The third-order valence-electron chi connectivity index (χ3n) is 5.86. The van der Waals surface area contributed by atoms with E-state index in [1.165, 1.54) is 0 Å². The lowest BCUT2D eigenvalue weighted by Gasteiger charge is -2.30. The number of nitrogens with zero attached hydrogens (tertiary/aromatic N) is 4. The van der Waals surface area contributed by atoms with E-state index in [4.69, 9.17) is 4.74 Å². The summed E-state index contributed by atoms with van der Waals surface area (Å²) in [6.45, 7) is 4.49. The molecule has 0 saturated heterocycles. The number of hydrogen-bond acceptors (Lipinski definition) is 6. The molecule has 1 fully saturated rings. The zero-order chi connectivity index (χ0) is 21.3. The zero-order valence-electron chi connectivity index (χ0n) is 18.2. The molecular formula is C22H32N6O2. The van der Waals surface area contributed by atoms with Gasteiger partial charge in [0, 0.05) is 50.6 Å². The maximum Gasteiger partial charge on any atom is 0.152 e. The third kappa shape index (κ3) is 4.60. The molecule has 162 valence electrons. The van der Waals surface area contributed by atoms with Crippen LogP contribution in [0.1, 0.15) is 38.3 Å². The number of anilines is 2. The van der Waals surface area contributed by atoms with Crippen LogP contribution >= 0.6 is 0 Å². The average Bonchev–Trinajstić information content (AvgIpc) is 3.23. The molecule has 0 aliphatic heterocycles. The summed E-state index contributed by atoms with van der Waals surface area (Å²) in [7, 11) is 3.93. The van der Waals surface area contributed by atoms with Crippen molar-refractivity contribution in [3.05, 3.63) is 30.2 Å².